The Balaban J connectivity index is 1.98. The van der Waals surface area contributed by atoms with Crippen molar-refractivity contribution in [2.75, 3.05) is 5.32 Å². The van der Waals surface area contributed by atoms with E-state index in [2.05, 4.69) is 36.1 Å². The molecule has 3 nitrogen and oxygen atoms in total. The zero-order chi connectivity index (χ0) is 13.2. The molecule has 18 heavy (non-hydrogen) atoms. The molecule has 96 valence electrons. The Labute approximate surface area is 112 Å². The van der Waals surface area contributed by atoms with E-state index in [1.807, 2.05) is 31.5 Å². The molecule has 0 aliphatic carbocycles. The average Bonchev–Trinajstić information content (AvgIpc) is 2.77. The second-order valence-corrected chi connectivity index (χ2v) is 6.54. The number of nitrogens with one attached hydrogen (secondary N) is 1. The van der Waals surface area contributed by atoms with Crippen LogP contribution in [0.15, 0.2) is 24.5 Å². The average molecular weight is 261 g/mol. The fourth-order valence-corrected chi connectivity index (χ4v) is 2.41. The number of nitrogens with zero attached hydrogens (tertiary/aromatic N) is 2. The minimum atomic E-state index is 0.133. The normalized spacial score (nSPS) is 11.6. The summed E-state index contributed by atoms with van der Waals surface area (Å²) in [6, 6.07) is 4.06. The van der Waals surface area contributed by atoms with Gasteiger partial charge >= 0.3 is 0 Å². The van der Waals surface area contributed by atoms with Crippen LogP contribution in [-0.2, 0) is 12.0 Å². The van der Waals surface area contributed by atoms with Crippen LogP contribution in [0.2, 0.25) is 0 Å². The molecule has 2 heterocycles. The maximum absolute atomic E-state index is 4.48. The highest BCUT2D eigenvalue weighted by Crippen LogP contribution is 2.27. The summed E-state index contributed by atoms with van der Waals surface area (Å²) < 4.78 is 0. The summed E-state index contributed by atoms with van der Waals surface area (Å²) in [4.78, 5) is 9.99. The molecule has 0 aromatic carbocycles. The van der Waals surface area contributed by atoms with Crippen LogP contribution < -0.4 is 5.32 Å². The number of rotatable bonds is 3. The number of hydrogen-bond donors (Lipinski definition) is 1. The molecular formula is C14H19N3S. The molecule has 0 amide bonds. The lowest BCUT2D eigenvalue weighted by Crippen LogP contribution is -2.09. The van der Waals surface area contributed by atoms with Gasteiger partial charge in [-0.1, -0.05) is 20.8 Å². The van der Waals surface area contributed by atoms with Crippen LogP contribution in [0, 0.1) is 6.92 Å². The topological polar surface area (TPSA) is 37.8 Å². The van der Waals surface area contributed by atoms with Crippen molar-refractivity contribution < 1.29 is 0 Å². The first-order valence-electron chi connectivity index (χ1n) is 6.07. The number of aromatic nitrogens is 2. The van der Waals surface area contributed by atoms with E-state index >= 15 is 0 Å². The lowest BCUT2D eigenvalue weighted by atomic mass is 9.98. The molecule has 4 heteroatoms. The van der Waals surface area contributed by atoms with Gasteiger partial charge in [-0.25, -0.2) is 4.98 Å². The predicted octanol–water partition coefficient (Wildman–Crippen LogP) is 3.76. The molecule has 0 saturated carbocycles. The summed E-state index contributed by atoms with van der Waals surface area (Å²) in [5.41, 5.74) is 2.22. The van der Waals surface area contributed by atoms with Crippen molar-refractivity contribution in [1.82, 2.24) is 9.97 Å². The summed E-state index contributed by atoms with van der Waals surface area (Å²) in [6.07, 6.45) is 3.82. The molecule has 0 bridgehead atoms. The van der Waals surface area contributed by atoms with E-state index in [9.17, 15) is 0 Å². The summed E-state index contributed by atoms with van der Waals surface area (Å²) in [5, 5.41) is 4.54. The van der Waals surface area contributed by atoms with Crippen molar-refractivity contribution in [2.24, 2.45) is 0 Å². The van der Waals surface area contributed by atoms with Crippen molar-refractivity contribution in [3.63, 3.8) is 0 Å². The zero-order valence-corrected chi connectivity index (χ0v) is 12.1. The zero-order valence-electron chi connectivity index (χ0n) is 11.3. The van der Waals surface area contributed by atoms with Crippen molar-refractivity contribution >= 4 is 17.0 Å². The Kier molecular flexibility index (Phi) is 3.66. The second kappa shape index (κ2) is 5.06. The van der Waals surface area contributed by atoms with Crippen molar-refractivity contribution in [1.29, 1.82) is 0 Å². The Morgan fingerprint density at radius 3 is 2.50 bits per heavy atom. The van der Waals surface area contributed by atoms with Crippen LogP contribution in [-0.4, -0.2) is 9.97 Å². The third-order valence-electron chi connectivity index (χ3n) is 2.57. The molecule has 0 aliphatic heterocycles. The molecule has 0 atom stereocenters. The standard InChI is InChI=1S/C14H19N3S/c1-10-5-6-11(7-15-10)16-8-12-9-17-13(18-12)14(2,3)4/h5-7,9,16H,8H2,1-4H3. The minimum Gasteiger partial charge on any atom is -0.379 e. The summed E-state index contributed by atoms with van der Waals surface area (Å²) in [6.45, 7) is 9.36. The van der Waals surface area contributed by atoms with Gasteiger partial charge in [0.25, 0.3) is 0 Å². The third-order valence-corrected chi connectivity index (χ3v) is 4.00. The molecule has 0 saturated heterocycles. The fourth-order valence-electron chi connectivity index (χ4n) is 1.50. The molecule has 2 aromatic heterocycles. The number of anilines is 1. The third kappa shape index (κ3) is 3.29. The summed E-state index contributed by atoms with van der Waals surface area (Å²) >= 11 is 1.77. The van der Waals surface area contributed by atoms with Crippen LogP contribution in [0.3, 0.4) is 0 Å². The lowest BCUT2D eigenvalue weighted by Gasteiger charge is -2.13. The monoisotopic (exact) mass is 261 g/mol. The van der Waals surface area contributed by atoms with Gasteiger partial charge in [-0.2, -0.15) is 0 Å². The van der Waals surface area contributed by atoms with Crippen LogP contribution >= 0.6 is 11.3 Å². The van der Waals surface area contributed by atoms with Crippen LogP contribution in [0.1, 0.15) is 36.3 Å². The Bertz CT molecular complexity index is 509. The SMILES string of the molecule is Cc1ccc(NCc2cnc(C(C)(C)C)s2)cn1. The van der Waals surface area contributed by atoms with Gasteiger partial charge in [0, 0.05) is 22.2 Å². The lowest BCUT2D eigenvalue weighted by molar-refractivity contribution is 0.585. The number of thiazole rings is 1. The van der Waals surface area contributed by atoms with Crippen molar-refractivity contribution in [2.45, 2.75) is 39.7 Å². The van der Waals surface area contributed by atoms with Gasteiger partial charge in [-0.15, -0.1) is 11.3 Å². The Morgan fingerprint density at radius 2 is 1.94 bits per heavy atom. The van der Waals surface area contributed by atoms with E-state index in [1.54, 1.807) is 11.3 Å². The minimum absolute atomic E-state index is 0.133. The largest absolute Gasteiger partial charge is 0.379 e. The van der Waals surface area contributed by atoms with E-state index in [1.165, 1.54) is 9.88 Å². The molecule has 0 radical (unpaired) electrons. The molecule has 0 spiro atoms. The highest BCUT2D eigenvalue weighted by Gasteiger charge is 2.17. The van der Waals surface area contributed by atoms with Crippen molar-refractivity contribution in [3.8, 4) is 0 Å². The van der Waals surface area contributed by atoms with E-state index in [4.69, 9.17) is 0 Å². The van der Waals surface area contributed by atoms with Gasteiger partial charge < -0.3 is 5.32 Å². The molecule has 0 unspecified atom stereocenters. The van der Waals surface area contributed by atoms with E-state index in [0.29, 0.717) is 0 Å². The predicted molar refractivity (Wildman–Crippen MR) is 77.1 cm³/mol. The Morgan fingerprint density at radius 1 is 1.17 bits per heavy atom. The highest BCUT2D eigenvalue weighted by molar-refractivity contribution is 7.11. The first-order chi connectivity index (χ1) is 8.45. The van der Waals surface area contributed by atoms with E-state index < -0.39 is 0 Å². The molecule has 0 aliphatic rings. The Hall–Kier alpha value is -1.42. The maximum Gasteiger partial charge on any atom is 0.0981 e. The van der Waals surface area contributed by atoms with Crippen LogP contribution in [0.25, 0.3) is 0 Å². The van der Waals surface area contributed by atoms with Crippen molar-refractivity contribution in [3.05, 3.63) is 40.1 Å². The molecule has 0 fully saturated rings. The quantitative estimate of drug-likeness (QED) is 0.914. The molecule has 1 N–H and O–H groups in total. The van der Waals surface area contributed by atoms with Crippen LogP contribution in [0.4, 0.5) is 5.69 Å². The van der Waals surface area contributed by atoms with Gasteiger partial charge in [-0.3, -0.25) is 4.98 Å². The molecule has 2 aromatic rings. The number of hydrogen-bond acceptors (Lipinski definition) is 4. The van der Waals surface area contributed by atoms with E-state index in [0.717, 1.165) is 17.9 Å². The van der Waals surface area contributed by atoms with E-state index in [-0.39, 0.29) is 5.41 Å². The van der Waals surface area contributed by atoms with Gasteiger partial charge in [0.2, 0.25) is 0 Å². The maximum atomic E-state index is 4.48. The summed E-state index contributed by atoms with van der Waals surface area (Å²) in [7, 11) is 0. The smallest absolute Gasteiger partial charge is 0.0981 e. The fraction of sp³-hybridized carbons (Fsp3) is 0.429. The number of pyridine rings is 1. The van der Waals surface area contributed by atoms with Gasteiger partial charge in [-0.05, 0) is 19.1 Å². The van der Waals surface area contributed by atoms with Gasteiger partial charge in [0.15, 0.2) is 0 Å². The highest BCUT2D eigenvalue weighted by atomic mass is 32.1. The second-order valence-electron chi connectivity index (χ2n) is 5.42. The first kappa shape index (κ1) is 13.0. The molecular weight excluding hydrogens is 242 g/mol. The number of aryl methyl sites for hydroxylation is 1. The van der Waals surface area contributed by atoms with Gasteiger partial charge in [0.1, 0.15) is 0 Å². The first-order valence-corrected chi connectivity index (χ1v) is 6.88. The molecule has 2 rings (SSSR count). The van der Waals surface area contributed by atoms with Crippen LogP contribution in [0.5, 0.6) is 0 Å². The van der Waals surface area contributed by atoms with Gasteiger partial charge in [0.05, 0.1) is 23.4 Å². The summed E-state index contributed by atoms with van der Waals surface area (Å²) in [5.74, 6) is 0.